The van der Waals surface area contributed by atoms with Crippen molar-refractivity contribution in [3.05, 3.63) is 0 Å². The van der Waals surface area contributed by atoms with Crippen LogP contribution in [0.5, 0.6) is 0 Å². The van der Waals surface area contributed by atoms with Gasteiger partial charge in [0.2, 0.25) is 0 Å². The third-order valence-corrected chi connectivity index (χ3v) is 4.35. The first-order chi connectivity index (χ1) is 15.6. The molecule has 2 heterocycles. The molecule has 0 unspecified atom stereocenters. The second-order valence-corrected chi connectivity index (χ2v) is 6.76. The summed E-state index contributed by atoms with van der Waals surface area (Å²) in [5, 5.41) is 0. The van der Waals surface area contributed by atoms with Gasteiger partial charge in [-0.3, -0.25) is 0 Å². The molecule has 0 aromatic heterocycles. The number of halogens is 22. The molecule has 2 aliphatic heterocycles. The van der Waals surface area contributed by atoms with Gasteiger partial charge in [0.1, 0.15) is 0 Å². The van der Waals surface area contributed by atoms with E-state index in [4.69, 9.17) is 0 Å². The molecule has 4 nitrogen and oxygen atoms in total. The summed E-state index contributed by atoms with van der Waals surface area (Å²) in [6.45, 7) is 0. The predicted molar refractivity (Wildman–Crippen MR) is 60.3 cm³/mol. The van der Waals surface area contributed by atoms with Gasteiger partial charge in [-0.2, -0.15) is 96.6 Å². The molecule has 0 aromatic carbocycles. The Morgan fingerprint density at radius 2 is 0.514 bits per heavy atom. The summed E-state index contributed by atoms with van der Waals surface area (Å²) in [5.41, 5.74) is 0. The lowest BCUT2D eigenvalue weighted by molar-refractivity contribution is -0.615. The van der Waals surface area contributed by atoms with Gasteiger partial charge in [-0.25, -0.2) is 9.47 Å². The Morgan fingerprint density at radius 3 is 0.676 bits per heavy atom. The molecule has 2 fully saturated rings. The Hall–Kier alpha value is -1.70. The molecule has 0 bridgehead atoms. The number of ether oxygens (including phenoxy) is 2. The maximum Gasteiger partial charge on any atom is 0.439 e. The normalized spacial score (nSPS) is 30.6. The lowest BCUT2D eigenvalue weighted by Crippen LogP contribution is -2.85. The van der Waals surface area contributed by atoms with Crippen LogP contribution in [0.1, 0.15) is 0 Å². The van der Waals surface area contributed by atoms with Crippen molar-refractivity contribution < 1.29 is 106 Å². The first-order valence-corrected chi connectivity index (χ1v) is 7.82. The molecule has 220 valence electrons. The molecular formula is C11F22N2O2. The zero-order valence-electron chi connectivity index (χ0n) is 15.5. The molecule has 0 atom stereocenters. The standard InChI is InChI=1S/C11F22N2O2/c12-1(13,2(14,15)34-4(18,19)8(26,27)36-9(28,29)5(34,20)21)3(16,17)35-6(22,23)10(30,31)37-11(32,33)7(35,24)25. The highest BCUT2D eigenvalue weighted by Gasteiger charge is 2.96. The van der Waals surface area contributed by atoms with Crippen molar-refractivity contribution in [1.82, 2.24) is 9.80 Å². The molecule has 0 amide bonds. The van der Waals surface area contributed by atoms with Gasteiger partial charge in [-0.05, 0) is 0 Å². The Labute approximate surface area is 184 Å². The first-order valence-electron chi connectivity index (χ1n) is 7.82. The second kappa shape index (κ2) is 7.28. The van der Waals surface area contributed by atoms with Crippen LogP contribution in [-0.4, -0.2) is 76.4 Å². The van der Waals surface area contributed by atoms with Crippen molar-refractivity contribution >= 4 is 0 Å². The Kier molecular flexibility index (Phi) is 6.20. The van der Waals surface area contributed by atoms with Gasteiger partial charge in [0.05, 0.1) is 0 Å². The van der Waals surface area contributed by atoms with Gasteiger partial charge in [0.15, 0.2) is 0 Å². The van der Waals surface area contributed by atoms with E-state index in [2.05, 4.69) is 0 Å². The van der Waals surface area contributed by atoms with Crippen LogP contribution in [0.4, 0.5) is 96.6 Å². The Balaban J connectivity index is 2.88. The van der Waals surface area contributed by atoms with E-state index in [1.165, 1.54) is 9.47 Å². The van der Waals surface area contributed by atoms with Crippen molar-refractivity contribution in [3.63, 3.8) is 0 Å². The minimum Gasteiger partial charge on any atom is -0.243 e. The van der Waals surface area contributed by atoms with Gasteiger partial charge in [0, 0.05) is 0 Å². The van der Waals surface area contributed by atoms with Gasteiger partial charge in [-0.1, -0.05) is 9.80 Å². The van der Waals surface area contributed by atoms with E-state index in [1.54, 1.807) is 0 Å². The lowest BCUT2D eigenvalue weighted by Gasteiger charge is -2.53. The largest absolute Gasteiger partial charge is 0.439 e. The number of morpholine rings is 2. The SMILES string of the molecule is FC1(F)OC(F)(F)C(F)(F)N(C(F)(F)C(F)(F)C(F)(F)N2C(F)(F)C(F)(F)OC(F)(F)C2(F)F)C1(F)F. The zero-order valence-corrected chi connectivity index (χ0v) is 15.5. The van der Waals surface area contributed by atoms with Crippen molar-refractivity contribution in [2.75, 3.05) is 0 Å². The first kappa shape index (κ1) is 31.5. The number of nitrogens with zero attached hydrogens (tertiary/aromatic N) is 2. The molecule has 0 aromatic rings. The van der Waals surface area contributed by atoms with E-state index in [-0.39, 0.29) is 0 Å². The maximum absolute atomic E-state index is 14.0. The van der Waals surface area contributed by atoms with E-state index in [9.17, 15) is 96.6 Å². The summed E-state index contributed by atoms with van der Waals surface area (Å²) in [4.78, 5) is -9.56. The van der Waals surface area contributed by atoms with E-state index >= 15 is 0 Å². The summed E-state index contributed by atoms with van der Waals surface area (Å²) in [6.07, 6.45) is -29.9. The molecule has 2 rings (SSSR count). The van der Waals surface area contributed by atoms with E-state index < -0.39 is 76.4 Å². The molecule has 26 heteroatoms. The third kappa shape index (κ3) is 3.56. The highest BCUT2D eigenvalue weighted by molar-refractivity contribution is 5.08. The fraction of sp³-hybridized carbons (Fsp3) is 1.00. The minimum atomic E-state index is -9.08. The molecule has 0 spiro atoms. The average molecular weight is 610 g/mol. The molecule has 0 aliphatic carbocycles. The van der Waals surface area contributed by atoms with Crippen LogP contribution in [0, 0.1) is 0 Å². The number of alkyl halides is 22. The Morgan fingerprint density at radius 1 is 0.351 bits per heavy atom. The second-order valence-electron chi connectivity index (χ2n) is 6.76. The summed E-state index contributed by atoms with van der Waals surface area (Å²) in [5.74, 6) is -9.08. The lowest BCUT2D eigenvalue weighted by atomic mass is 10.1. The number of rotatable bonds is 4. The molecular weight excluding hydrogens is 610 g/mol. The fourth-order valence-electron chi connectivity index (χ4n) is 2.61. The highest BCUT2D eigenvalue weighted by Crippen LogP contribution is 2.66. The summed E-state index contributed by atoms with van der Waals surface area (Å²) >= 11 is 0. The predicted octanol–water partition coefficient (Wildman–Crippen LogP) is 6.21. The van der Waals surface area contributed by atoms with Gasteiger partial charge in [0.25, 0.3) is 0 Å². The van der Waals surface area contributed by atoms with Gasteiger partial charge in [-0.15, -0.1) is 0 Å². The molecule has 2 saturated heterocycles. The monoisotopic (exact) mass is 610 g/mol. The molecule has 37 heavy (non-hydrogen) atoms. The molecule has 0 saturated carbocycles. The van der Waals surface area contributed by atoms with Gasteiger partial charge >= 0.3 is 66.6 Å². The maximum atomic E-state index is 14.0. The van der Waals surface area contributed by atoms with Crippen molar-refractivity contribution in [2.24, 2.45) is 0 Å². The van der Waals surface area contributed by atoms with Crippen LogP contribution in [-0.2, 0) is 9.47 Å². The van der Waals surface area contributed by atoms with Crippen LogP contribution in [0.3, 0.4) is 0 Å². The van der Waals surface area contributed by atoms with Crippen LogP contribution < -0.4 is 0 Å². The summed E-state index contributed by atoms with van der Waals surface area (Å²) < 4.78 is 299. The van der Waals surface area contributed by atoms with Crippen molar-refractivity contribution in [1.29, 1.82) is 0 Å². The van der Waals surface area contributed by atoms with Crippen LogP contribution in [0.25, 0.3) is 0 Å². The summed E-state index contributed by atoms with van der Waals surface area (Å²) in [6, 6.07) is -49.9. The molecule has 0 N–H and O–H groups in total. The van der Waals surface area contributed by atoms with Crippen molar-refractivity contribution in [3.8, 4) is 0 Å². The quantitative estimate of drug-likeness (QED) is 0.279. The highest BCUT2D eigenvalue weighted by atomic mass is 19.4. The van der Waals surface area contributed by atoms with E-state index in [0.29, 0.717) is 0 Å². The number of hydrogen-bond donors (Lipinski definition) is 0. The van der Waals surface area contributed by atoms with Crippen LogP contribution in [0.2, 0.25) is 0 Å². The van der Waals surface area contributed by atoms with Gasteiger partial charge < -0.3 is 0 Å². The van der Waals surface area contributed by atoms with Crippen molar-refractivity contribution in [2.45, 2.75) is 66.6 Å². The fourth-order valence-corrected chi connectivity index (χ4v) is 2.61. The van der Waals surface area contributed by atoms with E-state index in [0.717, 1.165) is 0 Å². The number of hydrogen-bond acceptors (Lipinski definition) is 4. The topological polar surface area (TPSA) is 24.9 Å². The van der Waals surface area contributed by atoms with E-state index in [1.807, 2.05) is 0 Å². The minimum absolute atomic E-state index is 1.51. The molecule has 0 radical (unpaired) electrons. The van der Waals surface area contributed by atoms with Crippen LogP contribution in [0.15, 0.2) is 0 Å². The Bertz CT molecular complexity index is 804. The zero-order chi connectivity index (χ0) is 30.1. The summed E-state index contributed by atoms with van der Waals surface area (Å²) in [7, 11) is 0. The average Bonchev–Trinajstić information content (AvgIpc) is 2.55. The third-order valence-electron chi connectivity index (χ3n) is 4.35. The van der Waals surface area contributed by atoms with Crippen LogP contribution >= 0.6 is 0 Å². The molecule has 2 aliphatic rings. The smallest absolute Gasteiger partial charge is 0.243 e.